The van der Waals surface area contributed by atoms with E-state index in [2.05, 4.69) is 27.1 Å². The quantitative estimate of drug-likeness (QED) is 0.835. The SMILES string of the molecule is CC.CC(=O)NC1CCN(CCN2CCN(C)CC2)CC1. The van der Waals surface area contributed by atoms with Crippen LogP contribution >= 0.6 is 0 Å². The van der Waals surface area contributed by atoms with Crippen molar-refractivity contribution >= 4 is 5.91 Å². The van der Waals surface area contributed by atoms with Crippen molar-refractivity contribution in [2.24, 2.45) is 0 Å². The number of piperidine rings is 1. The molecule has 0 spiro atoms. The number of piperazine rings is 1. The molecule has 2 heterocycles. The number of likely N-dealkylation sites (tertiary alicyclic amines) is 1. The zero-order valence-corrected chi connectivity index (χ0v) is 14.4. The van der Waals surface area contributed by atoms with E-state index in [0.717, 1.165) is 25.9 Å². The summed E-state index contributed by atoms with van der Waals surface area (Å²) in [7, 11) is 2.20. The van der Waals surface area contributed by atoms with Gasteiger partial charge in [0, 0.05) is 65.3 Å². The molecule has 0 unspecified atom stereocenters. The zero-order chi connectivity index (χ0) is 15.7. The topological polar surface area (TPSA) is 38.8 Å². The third-order valence-electron chi connectivity index (χ3n) is 4.32. The molecular weight excluding hydrogens is 264 g/mol. The molecule has 1 N–H and O–H groups in total. The zero-order valence-electron chi connectivity index (χ0n) is 14.4. The Morgan fingerprint density at radius 3 is 1.90 bits per heavy atom. The second-order valence-electron chi connectivity index (χ2n) is 5.96. The van der Waals surface area contributed by atoms with Gasteiger partial charge in [0.25, 0.3) is 0 Å². The van der Waals surface area contributed by atoms with E-state index < -0.39 is 0 Å². The average molecular weight is 298 g/mol. The molecule has 2 saturated heterocycles. The lowest BCUT2D eigenvalue weighted by molar-refractivity contribution is -0.119. The van der Waals surface area contributed by atoms with Gasteiger partial charge in [0.1, 0.15) is 0 Å². The highest BCUT2D eigenvalue weighted by atomic mass is 16.1. The molecule has 0 saturated carbocycles. The fourth-order valence-electron chi connectivity index (χ4n) is 2.94. The van der Waals surface area contributed by atoms with Gasteiger partial charge in [0.2, 0.25) is 5.91 Å². The summed E-state index contributed by atoms with van der Waals surface area (Å²) >= 11 is 0. The van der Waals surface area contributed by atoms with Crippen LogP contribution in [0.4, 0.5) is 0 Å². The van der Waals surface area contributed by atoms with E-state index in [1.807, 2.05) is 13.8 Å². The minimum Gasteiger partial charge on any atom is -0.354 e. The van der Waals surface area contributed by atoms with Crippen LogP contribution in [-0.2, 0) is 4.79 Å². The number of carbonyl (C=O) groups excluding carboxylic acids is 1. The first kappa shape index (κ1) is 18.4. The Hall–Kier alpha value is -0.650. The Labute approximate surface area is 130 Å². The molecule has 1 amide bonds. The van der Waals surface area contributed by atoms with Crippen LogP contribution in [-0.4, -0.2) is 86.1 Å². The normalized spacial score (nSPS) is 22.5. The summed E-state index contributed by atoms with van der Waals surface area (Å²) in [4.78, 5) is 18.5. The summed E-state index contributed by atoms with van der Waals surface area (Å²) in [6, 6.07) is 0.400. The molecule has 0 radical (unpaired) electrons. The lowest BCUT2D eigenvalue weighted by Crippen LogP contribution is -2.49. The van der Waals surface area contributed by atoms with Gasteiger partial charge >= 0.3 is 0 Å². The highest BCUT2D eigenvalue weighted by Crippen LogP contribution is 2.10. The van der Waals surface area contributed by atoms with E-state index in [4.69, 9.17) is 0 Å². The molecule has 0 aromatic heterocycles. The number of hydrogen-bond donors (Lipinski definition) is 1. The fourth-order valence-corrected chi connectivity index (χ4v) is 2.94. The van der Waals surface area contributed by atoms with E-state index >= 15 is 0 Å². The van der Waals surface area contributed by atoms with E-state index in [1.54, 1.807) is 6.92 Å². The predicted octanol–water partition coefficient (Wildman–Crippen LogP) is 0.861. The van der Waals surface area contributed by atoms with E-state index in [9.17, 15) is 4.79 Å². The molecule has 21 heavy (non-hydrogen) atoms. The van der Waals surface area contributed by atoms with Crippen LogP contribution in [0.25, 0.3) is 0 Å². The lowest BCUT2D eigenvalue weighted by Gasteiger charge is -2.36. The third-order valence-corrected chi connectivity index (χ3v) is 4.32. The van der Waals surface area contributed by atoms with Crippen LogP contribution in [0.1, 0.15) is 33.6 Å². The predicted molar refractivity (Wildman–Crippen MR) is 88.6 cm³/mol. The van der Waals surface area contributed by atoms with Crippen LogP contribution < -0.4 is 5.32 Å². The highest BCUT2D eigenvalue weighted by Gasteiger charge is 2.20. The van der Waals surface area contributed by atoms with Gasteiger partial charge < -0.3 is 15.1 Å². The van der Waals surface area contributed by atoms with Crippen molar-refractivity contribution < 1.29 is 4.79 Å². The maximum absolute atomic E-state index is 11.0. The molecule has 2 aliphatic rings. The number of amides is 1. The van der Waals surface area contributed by atoms with Gasteiger partial charge in [0.15, 0.2) is 0 Å². The Kier molecular flexibility index (Phi) is 8.88. The summed E-state index contributed by atoms with van der Waals surface area (Å²) in [5.74, 6) is 0.107. The molecular formula is C16H34N4O. The van der Waals surface area contributed by atoms with Crippen molar-refractivity contribution in [3.05, 3.63) is 0 Å². The van der Waals surface area contributed by atoms with Crippen molar-refractivity contribution in [3.63, 3.8) is 0 Å². The second kappa shape index (κ2) is 10.1. The monoisotopic (exact) mass is 298 g/mol. The molecule has 2 fully saturated rings. The standard InChI is InChI=1S/C14H28N4O.C2H6/c1-13(19)15-14-3-5-17(6-4-14)11-12-18-9-7-16(2)8-10-18;1-2/h14H,3-12H2,1-2H3,(H,15,19);1-2H3. The molecule has 0 aromatic rings. The van der Waals surface area contributed by atoms with E-state index in [1.165, 1.54) is 39.3 Å². The molecule has 124 valence electrons. The molecule has 2 rings (SSSR count). The lowest BCUT2D eigenvalue weighted by atomic mass is 10.1. The van der Waals surface area contributed by atoms with Crippen LogP contribution in [0.15, 0.2) is 0 Å². The summed E-state index contributed by atoms with van der Waals surface area (Å²) in [5, 5.41) is 3.03. The number of hydrogen-bond acceptors (Lipinski definition) is 4. The molecule has 0 atom stereocenters. The Balaban J connectivity index is 0.00000106. The maximum Gasteiger partial charge on any atom is 0.217 e. The van der Waals surface area contributed by atoms with Crippen molar-refractivity contribution in [2.45, 2.75) is 39.7 Å². The number of likely N-dealkylation sites (N-methyl/N-ethyl adjacent to an activating group) is 1. The smallest absolute Gasteiger partial charge is 0.217 e. The summed E-state index contributed by atoms with van der Waals surface area (Å²) in [5.41, 5.74) is 0. The molecule has 5 heteroatoms. The van der Waals surface area contributed by atoms with Crippen molar-refractivity contribution in [3.8, 4) is 0 Å². The molecule has 0 aliphatic carbocycles. The number of carbonyl (C=O) groups is 1. The summed E-state index contributed by atoms with van der Waals surface area (Å²) < 4.78 is 0. The number of nitrogens with one attached hydrogen (secondary N) is 1. The first-order valence-electron chi connectivity index (χ1n) is 8.54. The first-order valence-corrected chi connectivity index (χ1v) is 8.54. The minimum atomic E-state index is 0.107. The van der Waals surface area contributed by atoms with Crippen molar-refractivity contribution in [1.82, 2.24) is 20.0 Å². The minimum absolute atomic E-state index is 0.107. The Bertz CT molecular complexity index is 282. The van der Waals surface area contributed by atoms with E-state index in [0.29, 0.717) is 6.04 Å². The van der Waals surface area contributed by atoms with Crippen molar-refractivity contribution in [2.75, 3.05) is 59.4 Å². The summed E-state index contributed by atoms with van der Waals surface area (Å²) in [6.07, 6.45) is 2.20. The molecule has 0 bridgehead atoms. The first-order chi connectivity index (χ1) is 10.1. The number of nitrogens with zero attached hydrogens (tertiary/aromatic N) is 3. The van der Waals surface area contributed by atoms with Gasteiger partial charge in [-0.3, -0.25) is 9.69 Å². The average Bonchev–Trinajstić information content (AvgIpc) is 2.50. The number of rotatable bonds is 4. The fraction of sp³-hybridized carbons (Fsp3) is 0.938. The third kappa shape index (κ3) is 7.25. The van der Waals surface area contributed by atoms with Crippen LogP contribution in [0.3, 0.4) is 0 Å². The molecule has 0 aromatic carbocycles. The maximum atomic E-state index is 11.0. The van der Waals surface area contributed by atoms with Gasteiger partial charge in [-0.1, -0.05) is 13.8 Å². The van der Waals surface area contributed by atoms with Crippen LogP contribution in [0, 0.1) is 0 Å². The van der Waals surface area contributed by atoms with Gasteiger partial charge in [-0.25, -0.2) is 0 Å². The molecule has 5 nitrogen and oxygen atoms in total. The van der Waals surface area contributed by atoms with Gasteiger partial charge in [-0.2, -0.15) is 0 Å². The Morgan fingerprint density at radius 1 is 0.952 bits per heavy atom. The van der Waals surface area contributed by atoms with Gasteiger partial charge in [0.05, 0.1) is 0 Å². The van der Waals surface area contributed by atoms with Gasteiger partial charge in [-0.15, -0.1) is 0 Å². The largest absolute Gasteiger partial charge is 0.354 e. The van der Waals surface area contributed by atoms with Crippen LogP contribution in [0.2, 0.25) is 0 Å². The highest BCUT2D eigenvalue weighted by molar-refractivity contribution is 5.73. The van der Waals surface area contributed by atoms with Gasteiger partial charge in [-0.05, 0) is 19.9 Å². The Morgan fingerprint density at radius 2 is 1.43 bits per heavy atom. The van der Waals surface area contributed by atoms with Crippen LogP contribution in [0.5, 0.6) is 0 Å². The second-order valence-corrected chi connectivity index (χ2v) is 5.96. The van der Waals surface area contributed by atoms with E-state index in [-0.39, 0.29) is 5.91 Å². The molecule has 2 aliphatic heterocycles. The van der Waals surface area contributed by atoms with Crippen molar-refractivity contribution in [1.29, 1.82) is 0 Å². The summed E-state index contributed by atoms with van der Waals surface area (Å²) in [6.45, 7) is 15.0.